The summed E-state index contributed by atoms with van der Waals surface area (Å²) in [5, 5.41) is 8.76. The molecule has 5 aromatic rings. The average Bonchev–Trinajstić information content (AvgIpc) is 3.61. The van der Waals surface area contributed by atoms with E-state index in [0.717, 1.165) is 41.3 Å². The number of amides is 3. The Balaban J connectivity index is 0.000000163. The third-order valence-electron chi connectivity index (χ3n) is 7.96. The highest BCUT2D eigenvalue weighted by atomic mass is 16.3. The Hall–Kier alpha value is -5.37. The minimum absolute atomic E-state index is 0.0150. The lowest BCUT2D eigenvalue weighted by Crippen LogP contribution is -2.36. The molecule has 2 heterocycles. The maximum Gasteiger partial charge on any atom is 0.259 e. The molecule has 1 aliphatic rings. The standard InChI is InChI=1S/C14H13NO.C13H19NO2.C13H13NO2/c1-11-7-5-6-10-13(11)14(16)15-12-8-3-2-4-9-12;2*1-9-8-12(10(2)16-9)13(15)14-11-6-4-3-5-7-11/h2-10H,1H3,(H,15,16);8,11H,3-7H2,1-2H3,(H,14,15);3-8H,1-2H3,(H,14,15). The van der Waals surface area contributed by atoms with Gasteiger partial charge in [0.2, 0.25) is 0 Å². The summed E-state index contributed by atoms with van der Waals surface area (Å²) in [5.74, 6) is 2.71. The van der Waals surface area contributed by atoms with Crippen LogP contribution in [-0.4, -0.2) is 23.8 Å². The monoisotopic (exact) mass is 647 g/mol. The number of carbonyl (C=O) groups excluding carboxylic acids is 3. The molecule has 8 nitrogen and oxygen atoms in total. The van der Waals surface area contributed by atoms with E-state index in [9.17, 15) is 14.4 Å². The topological polar surface area (TPSA) is 114 Å². The number of hydrogen-bond donors (Lipinski definition) is 3. The van der Waals surface area contributed by atoms with Crippen LogP contribution in [0.5, 0.6) is 0 Å². The first-order valence-corrected chi connectivity index (χ1v) is 16.3. The van der Waals surface area contributed by atoms with E-state index in [0.29, 0.717) is 34.3 Å². The lowest BCUT2D eigenvalue weighted by atomic mass is 9.95. The first-order valence-electron chi connectivity index (χ1n) is 16.3. The summed E-state index contributed by atoms with van der Waals surface area (Å²) >= 11 is 0. The number of carbonyl (C=O) groups is 3. The van der Waals surface area contributed by atoms with Crippen LogP contribution >= 0.6 is 0 Å². The molecule has 1 fully saturated rings. The predicted molar refractivity (Wildman–Crippen MR) is 191 cm³/mol. The minimum atomic E-state index is -0.138. The van der Waals surface area contributed by atoms with Crippen molar-refractivity contribution < 1.29 is 23.2 Å². The lowest BCUT2D eigenvalue weighted by Gasteiger charge is -2.22. The van der Waals surface area contributed by atoms with Crippen LogP contribution in [0.1, 0.15) is 91.8 Å². The normalized spacial score (nSPS) is 12.4. The Morgan fingerprint density at radius 2 is 0.979 bits per heavy atom. The quantitative estimate of drug-likeness (QED) is 0.170. The fourth-order valence-electron chi connectivity index (χ4n) is 5.49. The molecule has 250 valence electrons. The second-order valence-corrected chi connectivity index (χ2v) is 11.9. The van der Waals surface area contributed by atoms with Crippen molar-refractivity contribution in [1.29, 1.82) is 0 Å². The third-order valence-corrected chi connectivity index (χ3v) is 7.96. The number of para-hydroxylation sites is 2. The van der Waals surface area contributed by atoms with Crippen molar-refractivity contribution in [2.75, 3.05) is 10.6 Å². The van der Waals surface area contributed by atoms with E-state index in [4.69, 9.17) is 8.83 Å². The Kier molecular flexibility index (Phi) is 13.0. The molecule has 2 aromatic heterocycles. The molecule has 0 aliphatic heterocycles. The van der Waals surface area contributed by atoms with Crippen molar-refractivity contribution >= 4 is 29.1 Å². The molecule has 1 aliphatic carbocycles. The van der Waals surface area contributed by atoms with Crippen LogP contribution < -0.4 is 16.0 Å². The summed E-state index contributed by atoms with van der Waals surface area (Å²) in [4.78, 5) is 35.8. The van der Waals surface area contributed by atoms with Gasteiger partial charge in [-0.15, -0.1) is 0 Å². The minimum Gasteiger partial charge on any atom is -0.466 e. The SMILES string of the molecule is Cc1cc(C(=O)NC2CCCCC2)c(C)o1.Cc1cc(C(=O)Nc2ccccc2)c(C)o1.Cc1ccccc1C(=O)Nc1ccccc1. The number of aryl methyl sites for hydroxylation is 5. The van der Waals surface area contributed by atoms with Crippen molar-refractivity contribution in [3.63, 3.8) is 0 Å². The number of anilines is 2. The van der Waals surface area contributed by atoms with Gasteiger partial charge in [-0.3, -0.25) is 14.4 Å². The Morgan fingerprint density at radius 1 is 0.542 bits per heavy atom. The third kappa shape index (κ3) is 10.6. The van der Waals surface area contributed by atoms with Crippen LogP contribution in [0.15, 0.2) is 106 Å². The van der Waals surface area contributed by atoms with Crippen molar-refractivity contribution in [2.45, 2.75) is 72.8 Å². The highest BCUT2D eigenvalue weighted by Gasteiger charge is 2.19. The average molecular weight is 648 g/mol. The van der Waals surface area contributed by atoms with Crippen LogP contribution in [0.25, 0.3) is 0 Å². The molecular weight excluding hydrogens is 602 g/mol. The van der Waals surface area contributed by atoms with Crippen LogP contribution in [-0.2, 0) is 0 Å². The van der Waals surface area contributed by atoms with Crippen LogP contribution in [0.3, 0.4) is 0 Å². The molecule has 0 spiro atoms. The molecule has 0 bridgehead atoms. The van der Waals surface area contributed by atoms with E-state index < -0.39 is 0 Å². The van der Waals surface area contributed by atoms with Gasteiger partial charge in [-0.1, -0.05) is 73.9 Å². The molecule has 48 heavy (non-hydrogen) atoms. The fraction of sp³-hybridized carbons (Fsp3) is 0.275. The summed E-state index contributed by atoms with van der Waals surface area (Å²) < 4.78 is 10.7. The maximum absolute atomic E-state index is 12.0. The molecule has 1 saturated carbocycles. The van der Waals surface area contributed by atoms with Gasteiger partial charge in [-0.05, 0) is 95.5 Å². The van der Waals surface area contributed by atoms with Gasteiger partial charge < -0.3 is 24.8 Å². The zero-order valence-electron chi connectivity index (χ0n) is 28.4. The van der Waals surface area contributed by atoms with Gasteiger partial charge in [0.15, 0.2) is 0 Å². The molecule has 0 radical (unpaired) electrons. The number of furan rings is 2. The summed E-state index contributed by atoms with van der Waals surface area (Å²) in [7, 11) is 0. The Labute approximate surface area is 282 Å². The van der Waals surface area contributed by atoms with E-state index in [-0.39, 0.29) is 17.7 Å². The van der Waals surface area contributed by atoms with E-state index in [2.05, 4.69) is 16.0 Å². The summed E-state index contributed by atoms with van der Waals surface area (Å²) in [6.45, 7) is 9.24. The Bertz CT molecular complexity index is 1780. The molecular formula is C40H45N3O5. The lowest BCUT2D eigenvalue weighted by molar-refractivity contribution is 0.0925. The van der Waals surface area contributed by atoms with Gasteiger partial charge in [-0.25, -0.2) is 0 Å². The van der Waals surface area contributed by atoms with Gasteiger partial charge in [0.1, 0.15) is 23.0 Å². The molecule has 0 atom stereocenters. The second-order valence-electron chi connectivity index (χ2n) is 11.9. The molecule has 3 N–H and O–H groups in total. The maximum atomic E-state index is 12.0. The van der Waals surface area contributed by atoms with Crippen molar-refractivity contribution in [2.24, 2.45) is 0 Å². The van der Waals surface area contributed by atoms with E-state index in [1.807, 2.05) is 119 Å². The van der Waals surface area contributed by atoms with Crippen LogP contribution in [0, 0.1) is 34.6 Å². The highest BCUT2D eigenvalue weighted by molar-refractivity contribution is 6.05. The molecule has 3 amide bonds. The zero-order chi connectivity index (χ0) is 34.5. The van der Waals surface area contributed by atoms with E-state index >= 15 is 0 Å². The first-order chi connectivity index (χ1) is 23.1. The van der Waals surface area contributed by atoms with Crippen molar-refractivity contribution in [3.05, 3.63) is 142 Å². The summed E-state index contributed by atoms with van der Waals surface area (Å²) in [6.07, 6.45) is 5.99. The summed E-state index contributed by atoms with van der Waals surface area (Å²) in [6, 6.07) is 30.3. The fourth-order valence-corrected chi connectivity index (χ4v) is 5.49. The molecule has 6 rings (SSSR count). The molecule has 3 aromatic carbocycles. The molecule has 0 unspecified atom stereocenters. The molecule has 8 heteroatoms. The van der Waals surface area contributed by atoms with Crippen LogP contribution in [0.2, 0.25) is 0 Å². The molecule has 0 saturated heterocycles. The number of benzene rings is 3. The highest BCUT2D eigenvalue weighted by Crippen LogP contribution is 2.20. The predicted octanol–water partition coefficient (Wildman–Crippen LogP) is 9.36. The van der Waals surface area contributed by atoms with Crippen molar-refractivity contribution in [1.82, 2.24) is 5.32 Å². The first kappa shape index (κ1) is 35.5. The number of rotatable bonds is 6. The van der Waals surface area contributed by atoms with Crippen molar-refractivity contribution in [3.8, 4) is 0 Å². The smallest absolute Gasteiger partial charge is 0.259 e. The largest absolute Gasteiger partial charge is 0.466 e. The van der Waals surface area contributed by atoms with E-state index in [1.165, 1.54) is 19.3 Å². The zero-order valence-corrected chi connectivity index (χ0v) is 28.4. The van der Waals surface area contributed by atoms with Gasteiger partial charge >= 0.3 is 0 Å². The van der Waals surface area contributed by atoms with E-state index in [1.54, 1.807) is 13.0 Å². The summed E-state index contributed by atoms with van der Waals surface area (Å²) in [5.41, 5.74) is 4.56. The van der Waals surface area contributed by atoms with Gasteiger partial charge in [0.25, 0.3) is 17.7 Å². The number of hydrogen-bond acceptors (Lipinski definition) is 5. The second kappa shape index (κ2) is 17.5. The van der Waals surface area contributed by atoms with Gasteiger partial charge in [-0.2, -0.15) is 0 Å². The van der Waals surface area contributed by atoms with Crippen LogP contribution in [0.4, 0.5) is 11.4 Å². The van der Waals surface area contributed by atoms with Gasteiger partial charge in [0.05, 0.1) is 11.1 Å². The number of nitrogens with one attached hydrogen (secondary N) is 3. The Morgan fingerprint density at radius 3 is 1.44 bits per heavy atom. The van der Waals surface area contributed by atoms with Gasteiger partial charge in [0, 0.05) is 23.0 Å².